The highest BCUT2D eigenvalue weighted by Gasteiger charge is 2.39. The Hall–Kier alpha value is -0.910. The van der Waals surface area contributed by atoms with Gasteiger partial charge in [0.05, 0.1) is 4.90 Å². The van der Waals surface area contributed by atoms with Gasteiger partial charge in [-0.05, 0) is 62.4 Å². The first-order valence-corrected chi connectivity index (χ1v) is 9.25. The summed E-state index contributed by atoms with van der Waals surface area (Å²) in [7, 11) is -3.43. The molecule has 0 aliphatic heterocycles. The second kappa shape index (κ2) is 6.46. The second-order valence-electron chi connectivity index (χ2n) is 5.96. The van der Waals surface area contributed by atoms with Gasteiger partial charge in [0.25, 0.3) is 0 Å². The van der Waals surface area contributed by atoms with E-state index in [1.54, 1.807) is 12.1 Å². The zero-order chi connectivity index (χ0) is 15.5. The molecule has 0 radical (unpaired) electrons. The van der Waals surface area contributed by atoms with Gasteiger partial charge in [-0.3, -0.25) is 0 Å². The standard InChI is InChI=1S/C16H26N2O2S/c1-4-16(9-6-10-16)18-21(19,20)15-8-7-13(3)14(11-15)12-17-5-2/h7-8,11,17-18H,4-6,9-10,12H2,1-3H3. The highest BCUT2D eigenvalue weighted by Crippen LogP contribution is 2.36. The van der Waals surface area contributed by atoms with Crippen LogP contribution in [-0.4, -0.2) is 20.5 Å². The first-order valence-electron chi connectivity index (χ1n) is 7.77. The molecule has 1 aromatic carbocycles. The average Bonchev–Trinajstić information content (AvgIpc) is 2.42. The van der Waals surface area contributed by atoms with Crippen LogP contribution in [0.3, 0.4) is 0 Å². The zero-order valence-electron chi connectivity index (χ0n) is 13.2. The molecule has 2 rings (SSSR count). The molecule has 1 aliphatic rings. The number of hydrogen-bond donors (Lipinski definition) is 2. The maximum atomic E-state index is 12.6. The molecule has 0 unspecified atom stereocenters. The van der Waals surface area contributed by atoms with Crippen molar-refractivity contribution >= 4 is 10.0 Å². The van der Waals surface area contributed by atoms with Gasteiger partial charge in [-0.1, -0.05) is 19.9 Å². The van der Waals surface area contributed by atoms with Crippen LogP contribution in [0.4, 0.5) is 0 Å². The van der Waals surface area contributed by atoms with Crippen molar-refractivity contribution in [1.29, 1.82) is 0 Å². The van der Waals surface area contributed by atoms with Crippen molar-refractivity contribution in [3.8, 4) is 0 Å². The lowest BCUT2D eigenvalue weighted by Crippen LogP contribution is -2.52. The number of benzene rings is 1. The lowest BCUT2D eigenvalue weighted by atomic mass is 9.76. The fourth-order valence-corrected chi connectivity index (χ4v) is 4.32. The minimum absolute atomic E-state index is 0.217. The van der Waals surface area contributed by atoms with Crippen molar-refractivity contribution in [2.75, 3.05) is 6.54 Å². The number of rotatable bonds is 7. The average molecular weight is 310 g/mol. The first-order chi connectivity index (χ1) is 9.92. The lowest BCUT2D eigenvalue weighted by Gasteiger charge is -2.41. The molecule has 1 aliphatic carbocycles. The smallest absolute Gasteiger partial charge is 0.241 e. The van der Waals surface area contributed by atoms with Crippen molar-refractivity contribution in [2.45, 2.75) is 63.4 Å². The molecular weight excluding hydrogens is 284 g/mol. The molecule has 0 spiro atoms. The molecule has 5 heteroatoms. The van der Waals surface area contributed by atoms with Gasteiger partial charge >= 0.3 is 0 Å². The van der Waals surface area contributed by atoms with Crippen LogP contribution in [0.5, 0.6) is 0 Å². The fourth-order valence-electron chi connectivity index (χ4n) is 2.74. The van der Waals surface area contributed by atoms with E-state index in [1.807, 2.05) is 26.8 Å². The van der Waals surface area contributed by atoms with Crippen LogP contribution < -0.4 is 10.0 Å². The van der Waals surface area contributed by atoms with Gasteiger partial charge in [-0.15, -0.1) is 0 Å². The van der Waals surface area contributed by atoms with Crippen molar-refractivity contribution in [1.82, 2.24) is 10.0 Å². The van der Waals surface area contributed by atoms with Gasteiger partial charge < -0.3 is 5.32 Å². The summed E-state index contributed by atoms with van der Waals surface area (Å²) in [5.74, 6) is 0. The molecule has 2 N–H and O–H groups in total. The summed E-state index contributed by atoms with van der Waals surface area (Å²) in [4.78, 5) is 0.376. The Morgan fingerprint density at radius 1 is 1.24 bits per heavy atom. The molecule has 21 heavy (non-hydrogen) atoms. The summed E-state index contributed by atoms with van der Waals surface area (Å²) >= 11 is 0. The number of sulfonamides is 1. The van der Waals surface area contributed by atoms with Crippen molar-refractivity contribution in [3.63, 3.8) is 0 Å². The van der Waals surface area contributed by atoms with Crippen LogP contribution >= 0.6 is 0 Å². The van der Waals surface area contributed by atoms with Gasteiger partial charge in [-0.2, -0.15) is 0 Å². The SMILES string of the molecule is CCNCc1cc(S(=O)(=O)NC2(CC)CCC2)ccc1C. The molecule has 118 valence electrons. The molecule has 0 amide bonds. The molecule has 0 bridgehead atoms. The van der Waals surface area contributed by atoms with Crippen LogP contribution in [0.1, 0.15) is 50.7 Å². The third-order valence-corrected chi connectivity index (χ3v) is 6.11. The summed E-state index contributed by atoms with van der Waals surface area (Å²) in [6.45, 7) is 7.67. The monoisotopic (exact) mass is 310 g/mol. The maximum absolute atomic E-state index is 12.6. The molecule has 1 fully saturated rings. The Balaban J connectivity index is 2.23. The van der Waals surface area contributed by atoms with E-state index in [1.165, 1.54) is 0 Å². The Morgan fingerprint density at radius 3 is 2.48 bits per heavy atom. The largest absolute Gasteiger partial charge is 0.313 e. The van der Waals surface area contributed by atoms with E-state index in [-0.39, 0.29) is 5.54 Å². The predicted octanol–water partition coefficient (Wildman–Crippen LogP) is 2.72. The molecule has 0 atom stereocenters. The molecule has 1 aromatic rings. The van der Waals surface area contributed by atoms with E-state index in [0.29, 0.717) is 11.4 Å². The van der Waals surface area contributed by atoms with E-state index >= 15 is 0 Å². The Morgan fingerprint density at radius 2 is 1.95 bits per heavy atom. The molecule has 0 aromatic heterocycles. The van der Waals surface area contributed by atoms with Crippen molar-refractivity contribution < 1.29 is 8.42 Å². The van der Waals surface area contributed by atoms with E-state index < -0.39 is 10.0 Å². The van der Waals surface area contributed by atoms with Crippen LogP contribution in [0, 0.1) is 6.92 Å². The van der Waals surface area contributed by atoms with Crippen LogP contribution in [-0.2, 0) is 16.6 Å². The third-order valence-electron chi connectivity index (χ3n) is 4.53. The Bertz CT molecular complexity index is 587. The van der Waals surface area contributed by atoms with Crippen LogP contribution in [0.15, 0.2) is 23.1 Å². The summed E-state index contributed by atoms with van der Waals surface area (Å²) in [6, 6.07) is 5.39. The number of hydrogen-bond acceptors (Lipinski definition) is 3. The minimum Gasteiger partial charge on any atom is -0.313 e. The zero-order valence-corrected chi connectivity index (χ0v) is 14.0. The molecule has 1 saturated carbocycles. The normalized spacial score (nSPS) is 17.5. The number of aryl methyl sites for hydroxylation is 1. The van der Waals surface area contributed by atoms with E-state index in [2.05, 4.69) is 10.0 Å². The van der Waals surface area contributed by atoms with Gasteiger partial charge in [0.15, 0.2) is 0 Å². The van der Waals surface area contributed by atoms with E-state index in [0.717, 1.165) is 43.4 Å². The predicted molar refractivity (Wildman–Crippen MR) is 85.8 cm³/mol. The van der Waals surface area contributed by atoms with Crippen LogP contribution in [0.25, 0.3) is 0 Å². The second-order valence-corrected chi connectivity index (χ2v) is 7.64. The first kappa shape index (κ1) is 16.5. The third kappa shape index (κ3) is 3.65. The maximum Gasteiger partial charge on any atom is 0.241 e. The van der Waals surface area contributed by atoms with Gasteiger partial charge in [0.2, 0.25) is 10.0 Å². The van der Waals surface area contributed by atoms with Gasteiger partial charge in [0.1, 0.15) is 0 Å². The summed E-state index contributed by atoms with van der Waals surface area (Å²) in [5.41, 5.74) is 1.94. The van der Waals surface area contributed by atoms with Gasteiger partial charge in [0, 0.05) is 12.1 Å². The highest BCUT2D eigenvalue weighted by molar-refractivity contribution is 7.89. The molecule has 4 nitrogen and oxygen atoms in total. The van der Waals surface area contributed by atoms with Crippen LogP contribution in [0.2, 0.25) is 0 Å². The van der Waals surface area contributed by atoms with Gasteiger partial charge in [-0.25, -0.2) is 13.1 Å². The van der Waals surface area contributed by atoms with E-state index in [4.69, 9.17) is 0 Å². The molecular formula is C16H26N2O2S. The van der Waals surface area contributed by atoms with E-state index in [9.17, 15) is 8.42 Å². The number of nitrogens with one attached hydrogen (secondary N) is 2. The highest BCUT2D eigenvalue weighted by atomic mass is 32.2. The molecule has 0 saturated heterocycles. The van der Waals surface area contributed by atoms with Crippen molar-refractivity contribution in [3.05, 3.63) is 29.3 Å². The summed E-state index contributed by atoms with van der Waals surface area (Å²) < 4.78 is 28.1. The lowest BCUT2D eigenvalue weighted by molar-refractivity contribution is 0.214. The summed E-state index contributed by atoms with van der Waals surface area (Å²) in [6.07, 6.45) is 3.84. The minimum atomic E-state index is -3.43. The summed E-state index contributed by atoms with van der Waals surface area (Å²) in [5, 5.41) is 3.25. The fraction of sp³-hybridized carbons (Fsp3) is 0.625. The van der Waals surface area contributed by atoms with Crippen molar-refractivity contribution in [2.24, 2.45) is 0 Å². The quantitative estimate of drug-likeness (QED) is 0.814. The topological polar surface area (TPSA) is 58.2 Å². The molecule has 0 heterocycles. The Kier molecular flexibility index (Phi) is 5.07. The Labute approximate surface area is 128 Å².